The SMILES string of the molecule is CCCC(Br)C(Br)COC(=O)CC. The number of alkyl halides is 2. The zero-order valence-electron chi connectivity index (χ0n) is 8.06. The summed E-state index contributed by atoms with van der Waals surface area (Å²) < 4.78 is 5.00. The summed E-state index contributed by atoms with van der Waals surface area (Å²) in [4.78, 5) is 11.4. The number of halogens is 2. The van der Waals surface area contributed by atoms with Crippen LogP contribution < -0.4 is 0 Å². The van der Waals surface area contributed by atoms with E-state index < -0.39 is 0 Å². The highest BCUT2D eigenvalue weighted by molar-refractivity contribution is 9.12. The summed E-state index contributed by atoms with van der Waals surface area (Å²) >= 11 is 7.02. The number of rotatable bonds is 6. The van der Waals surface area contributed by atoms with E-state index in [0.29, 0.717) is 17.9 Å². The molecule has 2 unspecified atom stereocenters. The second-order valence-electron chi connectivity index (χ2n) is 2.86. The zero-order valence-corrected chi connectivity index (χ0v) is 11.2. The molecule has 13 heavy (non-hydrogen) atoms. The quantitative estimate of drug-likeness (QED) is 0.555. The van der Waals surface area contributed by atoms with Crippen LogP contribution in [0.25, 0.3) is 0 Å². The van der Waals surface area contributed by atoms with E-state index in [0.717, 1.165) is 12.8 Å². The van der Waals surface area contributed by atoms with Crippen LogP contribution in [0.3, 0.4) is 0 Å². The van der Waals surface area contributed by atoms with E-state index in [9.17, 15) is 4.79 Å². The minimum atomic E-state index is -0.138. The molecule has 0 bridgehead atoms. The molecule has 0 heterocycles. The molecule has 0 saturated carbocycles. The minimum absolute atomic E-state index is 0.138. The molecule has 0 spiro atoms. The predicted molar refractivity (Wildman–Crippen MR) is 61.6 cm³/mol. The van der Waals surface area contributed by atoms with Crippen molar-refractivity contribution >= 4 is 37.8 Å². The van der Waals surface area contributed by atoms with Crippen molar-refractivity contribution in [2.24, 2.45) is 0 Å². The highest BCUT2D eigenvalue weighted by atomic mass is 79.9. The van der Waals surface area contributed by atoms with Crippen molar-refractivity contribution in [3.05, 3.63) is 0 Å². The Morgan fingerprint density at radius 1 is 1.31 bits per heavy atom. The second-order valence-corrected chi connectivity index (χ2v) is 5.21. The van der Waals surface area contributed by atoms with Crippen LogP contribution in [0, 0.1) is 0 Å². The highest BCUT2D eigenvalue weighted by Gasteiger charge is 2.16. The van der Waals surface area contributed by atoms with Crippen LogP contribution in [0.1, 0.15) is 33.1 Å². The molecule has 2 atom stereocenters. The summed E-state index contributed by atoms with van der Waals surface area (Å²) in [6.45, 7) is 4.37. The Hall–Kier alpha value is 0.430. The summed E-state index contributed by atoms with van der Waals surface area (Å²) in [6, 6.07) is 0. The van der Waals surface area contributed by atoms with E-state index in [4.69, 9.17) is 4.74 Å². The van der Waals surface area contributed by atoms with E-state index in [2.05, 4.69) is 38.8 Å². The molecule has 4 heteroatoms. The average molecular weight is 316 g/mol. The van der Waals surface area contributed by atoms with Gasteiger partial charge in [-0.15, -0.1) is 0 Å². The minimum Gasteiger partial charge on any atom is -0.464 e. The average Bonchev–Trinajstić information content (AvgIpc) is 2.13. The summed E-state index contributed by atoms with van der Waals surface area (Å²) in [5.74, 6) is -0.138. The Morgan fingerprint density at radius 2 is 1.92 bits per heavy atom. The van der Waals surface area contributed by atoms with E-state index >= 15 is 0 Å². The Kier molecular flexibility index (Phi) is 8.06. The molecule has 0 fully saturated rings. The molecule has 0 aliphatic rings. The van der Waals surface area contributed by atoms with Gasteiger partial charge in [0.05, 0.1) is 4.83 Å². The third kappa shape index (κ3) is 6.49. The first-order valence-corrected chi connectivity index (χ1v) is 6.38. The lowest BCUT2D eigenvalue weighted by Crippen LogP contribution is -2.21. The van der Waals surface area contributed by atoms with E-state index in [-0.39, 0.29) is 10.8 Å². The van der Waals surface area contributed by atoms with Gasteiger partial charge in [-0.1, -0.05) is 52.1 Å². The molecule has 2 nitrogen and oxygen atoms in total. The number of ether oxygens (including phenoxy) is 1. The van der Waals surface area contributed by atoms with Gasteiger partial charge in [0.2, 0.25) is 0 Å². The number of carbonyl (C=O) groups is 1. The maximum Gasteiger partial charge on any atom is 0.305 e. The lowest BCUT2D eigenvalue weighted by Gasteiger charge is -2.15. The van der Waals surface area contributed by atoms with Crippen molar-refractivity contribution in [1.82, 2.24) is 0 Å². The molecule has 0 rings (SSSR count). The van der Waals surface area contributed by atoms with Crippen molar-refractivity contribution in [2.75, 3.05) is 6.61 Å². The van der Waals surface area contributed by atoms with E-state index in [1.165, 1.54) is 0 Å². The Balaban J connectivity index is 3.60. The molecule has 0 aliphatic heterocycles. The number of carbonyl (C=O) groups excluding carboxylic acids is 1. The molecule has 0 aromatic heterocycles. The highest BCUT2D eigenvalue weighted by Crippen LogP contribution is 2.19. The summed E-state index contributed by atoms with van der Waals surface area (Å²) in [5.41, 5.74) is 0. The van der Waals surface area contributed by atoms with Crippen LogP contribution in [0.2, 0.25) is 0 Å². The molecule has 0 radical (unpaired) electrons. The molecular formula is C9H16Br2O2. The van der Waals surface area contributed by atoms with Gasteiger partial charge in [0.25, 0.3) is 0 Å². The summed E-state index contributed by atoms with van der Waals surface area (Å²) in [7, 11) is 0. The predicted octanol–water partition coefficient (Wildman–Crippen LogP) is 3.27. The first-order chi connectivity index (χ1) is 6.11. The van der Waals surface area contributed by atoms with Gasteiger partial charge in [-0.25, -0.2) is 0 Å². The van der Waals surface area contributed by atoms with Gasteiger partial charge >= 0.3 is 5.97 Å². The number of hydrogen-bond donors (Lipinski definition) is 0. The van der Waals surface area contributed by atoms with Gasteiger partial charge in [-0.05, 0) is 6.42 Å². The van der Waals surface area contributed by atoms with Gasteiger partial charge in [-0.2, -0.15) is 0 Å². The standard InChI is InChI=1S/C9H16Br2O2/c1-3-5-7(10)8(11)6-13-9(12)4-2/h7-8H,3-6H2,1-2H3. The van der Waals surface area contributed by atoms with Crippen LogP contribution >= 0.6 is 31.9 Å². The first-order valence-electron chi connectivity index (χ1n) is 4.55. The third-order valence-electron chi connectivity index (χ3n) is 1.65. The number of hydrogen-bond acceptors (Lipinski definition) is 2. The monoisotopic (exact) mass is 314 g/mol. The lowest BCUT2D eigenvalue weighted by molar-refractivity contribution is -0.143. The first kappa shape index (κ1) is 13.4. The van der Waals surface area contributed by atoms with Crippen LogP contribution in [-0.2, 0) is 9.53 Å². The normalized spacial score (nSPS) is 15.1. The van der Waals surface area contributed by atoms with Crippen molar-refractivity contribution in [1.29, 1.82) is 0 Å². The maximum absolute atomic E-state index is 10.8. The van der Waals surface area contributed by atoms with Crippen LogP contribution in [-0.4, -0.2) is 22.2 Å². The van der Waals surface area contributed by atoms with Crippen molar-refractivity contribution in [3.8, 4) is 0 Å². The van der Waals surface area contributed by atoms with Crippen molar-refractivity contribution < 1.29 is 9.53 Å². The van der Waals surface area contributed by atoms with Gasteiger partial charge in [0.15, 0.2) is 0 Å². The summed E-state index contributed by atoms with van der Waals surface area (Å²) in [5, 5.41) is 0. The topological polar surface area (TPSA) is 26.3 Å². The Morgan fingerprint density at radius 3 is 2.38 bits per heavy atom. The summed E-state index contributed by atoms with van der Waals surface area (Å²) in [6.07, 6.45) is 2.65. The number of esters is 1. The molecule has 78 valence electrons. The molecule has 0 aromatic carbocycles. The fraction of sp³-hybridized carbons (Fsp3) is 0.889. The van der Waals surface area contributed by atoms with Crippen LogP contribution in [0.15, 0.2) is 0 Å². The fourth-order valence-electron chi connectivity index (χ4n) is 0.836. The van der Waals surface area contributed by atoms with Crippen molar-refractivity contribution in [2.45, 2.75) is 42.8 Å². The maximum atomic E-state index is 10.8. The van der Waals surface area contributed by atoms with Gasteiger partial charge in [-0.3, -0.25) is 4.79 Å². The Labute approximate surface area is 96.7 Å². The van der Waals surface area contributed by atoms with Gasteiger partial charge in [0.1, 0.15) is 6.61 Å². The second kappa shape index (κ2) is 7.80. The largest absolute Gasteiger partial charge is 0.464 e. The van der Waals surface area contributed by atoms with Crippen LogP contribution in [0.5, 0.6) is 0 Å². The van der Waals surface area contributed by atoms with Gasteiger partial charge in [0, 0.05) is 11.2 Å². The lowest BCUT2D eigenvalue weighted by atomic mass is 10.2. The van der Waals surface area contributed by atoms with E-state index in [1.807, 2.05) is 0 Å². The molecule has 0 aromatic rings. The van der Waals surface area contributed by atoms with Crippen molar-refractivity contribution in [3.63, 3.8) is 0 Å². The smallest absolute Gasteiger partial charge is 0.305 e. The van der Waals surface area contributed by atoms with E-state index in [1.54, 1.807) is 6.92 Å². The zero-order chi connectivity index (χ0) is 10.3. The molecule has 0 N–H and O–H groups in total. The van der Waals surface area contributed by atoms with Gasteiger partial charge < -0.3 is 4.74 Å². The Bertz CT molecular complexity index is 151. The molecule has 0 amide bonds. The third-order valence-corrected chi connectivity index (χ3v) is 4.36. The molecule has 0 saturated heterocycles. The fourth-order valence-corrected chi connectivity index (χ4v) is 1.84. The molecular weight excluding hydrogens is 300 g/mol. The molecule has 0 aliphatic carbocycles. The van der Waals surface area contributed by atoms with Crippen LogP contribution in [0.4, 0.5) is 0 Å².